The lowest BCUT2D eigenvalue weighted by Crippen LogP contribution is -2.60. The van der Waals surface area contributed by atoms with E-state index in [0.29, 0.717) is 11.6 Å². The molecule has 1 atom stereocenters. The van der Waals surface area contributed by atoms with E-state index in [4.69, 9.17) is 0 Å². The van der Waals surface area contributed by atoms with Gasteiger partial charge >= 0.3 is 0 Å². The molecule has 0 spiro atoms. The zero-order valence-electron chi connectivity index (χ0n) is 14.6. The van der Waals surface area contributed by atoms with Crippen LogP contribution in [0.4, 0.5) is 0 Å². The van der Waals surface area contributed by atoms with Gasteiger partial charge in [0, 0.05) is 11.6 Å². The maximum Gasteiger partial charge on any atom is 0.0357 e. The number of rotatable bonds is 11. The summed E-state index contributed by atoms with van der Waals surface area (Å²) in [5, 5.41) is 3.65. The van der Waals surface area contributed by atoms with E-state index >= 15 is 0 Å². The second-order valence-corrected chi connectivity index (χ2v) is 5.74. The normalized spacial score (nSPS) is 14.4. The SMILES string of the molecule is CCC(CC)CC(NC)C(CC)(CC)N(CC)CC. The molecule has 2 nitrogen and oxygen atoms in total. The van der Waals surface area contributed by atoms with Crippen LogP contribution < -0.4 is 5.32 Å². The standard InChI is InChI=1S/C17H38N2/c1-8-15(9-2)14-16(18-7)17(10-3,11-4)19(12-5)13-6/h15-16,18H,8-14H2,1-7H3. The first-order valence-corrected chi connectivity index (χ1v) is 8.52. The first kappa shape index (κ1) is 18.9. The molecule has 0 bridgehead atoms. The summed E-state index contributed by atoms with van der Waals surface area (Å²) < 4.78 is 0. The minimum atomic E-state index is 0.320. The Morgan fingerprint density at radius 2 is 1.37 bits per heavy atom. The molecule has 0 aromatic carbocycles. The van der Waals surface area contributed by atoms with E-state index in [9.17, 15) is 0 Å². The molecule has 0 aliphatic rings. The molecular formula is C17H38N2. The monoisotopic (exact) mass is 270 g/mol. The average Bonchev–Trinajstić information content (AvgIpc) is 2.47. The first-order chi connectivity index (χ1) is 9.09. The van der Waals surface area contributed by atoms with Crippen molar-refractivity contribution in [3.05, 3.63) is 0 Å². The number of hydrogen-bond acceptors (Lipinski definition) is 2. The zero-order chi connectivity index (χ0) is 14.9. The minimum Gasteiger partial charge on any atom is -0.315 e. The molecule has 0 fully saturated rings. The second-order valence-electron chi connectivity index (χ2n) is 5.74. The Kier molecular flexibility index (Phi) is 9.72. The highest BCUT2D eigenvalue weighted by atomic mass is 15.2. The predicted octanol–water partition coefficient (Wildman–Crippen LogP) is 4.30. The molecule has 0 aliphatic carbocycles. The predicted molar refractivity (Wildman–Crippen MR) is 87.8 cm³/mol. The summed E-state index contributed by atoms with van der Waals surface area (Å²) in [6, 6.07) is 0.604. The summed E-state index contributed by atoms with van der Waals surface area (Å²) in [6.45, 7) is 16.3. The Balaban J connectivity index is 5.18. The molecule has 1 unspecified atom stereocenters. The van der Waals surface area contributed by atoms with Crippen molar-refractivity contribution in [2.45, 2.75) is 85.2 Å². The summed E-state index contributed by atoms with van der Waals surface area (Å²) >= 11 is 0. The van der Waals surface area contributed by atoms with Gasteiger partial charge in [-0.3, -0.25) is 4.90 Å². The lowest BCUT2D eigenvalue weighted by atomic mass is 9.77. The van der Waals surface area contributed by atoms with Crippen LogP contribution in [0.25, 0.3) is 0 Å². The molecule has 0 rings (SSSR count). The van der Waals surface area contributed by atoms with E-state index in [1.54, 1.807) is 0 Å². The quantitative estimate of drug-likeness (QED) is 0.602. The van der Waals surface area contributed by atoms with Crippen LogP contribution in [0.3, 0.4) is 0 Å². The second kappa shape index (κ2) is 9.77. The Morgan fingerprint density at radius 3 is 1.63 bits per heavy atom. The maximum absolute atomic E-state index is 3.65. The Bertz CT molecular complexity index is 203. The van der Waals surface area contributed by atoms with Crippen molar-refractivity contribution in [3.63, 3.8) is 0 Å². The molecular weight excluding hydrogens is 232 g/mol. The third kappa shape index (κ3) is 4.46. The molecule has 2 heteroatoms. The van der Waals surface area contributed by atoms with E-state index in [1.165, 1.54) is 32.1 Å². The van der Waals surface area contributed by atoms with Crippen molar-refractivity contribution in [3.8, 4) is 0 Å². The fraction of sp³-hybridized carbons (Fsp3) is 1.00. The third-order valence-electron chi connectivity index (χ3n) is 5.34. The van der Waals surface area contributed by atoms with Gasteiger partial charge in [0.15, 0.2) is 0 Å². The van der Waals surface area contributed by atoms with Gasteiger partial charge in [0.2, 0.25) is 0 Å². The van der Waals surface area contributed by atoms with Gasteiger partial charge in [0.25, 0.3) is 0 Å². The van der Waals surface area contributed by atoms with Crippen LogP contribution >= 0.6 is 0 Å². The van der Waals surface area contributed by atoms with Gasteiger partial charge in [-0.25, -0.2) is 0 Å². The Hall–Kier alpha value is -0.0800. The van der Waals surface area contributed by atoms with Crippen LogP contribution in [0.1, 0.15) is 73.6 Å². The largest absolute Gasteiger partial charge is 0.315 e. The van der Waals surface area contributed by atoms with Crippen LogP contribution in [0.2, 0.25) is 0 Å². The molecule has 0 radical (unpaired) electrons. The smallest absolute Gasteiger partial charge is 0.0357 e. The molecule has 0 aromatic heterocycles. The topological polar surface area (TPSA) is 15.3 Å². The van der Waals surface area contributed by atoms with Gasteiger partial charge in [0.05, 0.1) is 0 Å². The van der Waals surface area contributed by atoms with Crippen LogP contribution in [0.15, 0.2) is 0 Å². The van der Waals surface area contributed by atoms with Crippen molar-refractivity contribution in [2.24, 2.45) is 5.92 Å². The van der Waals surface area contributed by atoms with Crippen molar-refractivity contribution >= 4 is 0 Å². The van der Waals surface area contributed by atoms with Crippen LogP contribution in [-0.4, -0.2) is 36.6 Å². The first-order valence-electron chi connectivity index (χ1n) is 8.52. The fourth-order valence-corrected chi connectivity index (χ4v) is 3.83. The number of nitrogens with one attached hydrogen (secondary N) is 1. The highest BCUT2D eigenvalue weighted by Gasteiger charge is 2.39. The molecule has 116 valence electrons. The summed E-state index contributed by atoms with van der Waals surface area (Å²) in [7, 11) is 2.15. The molecule has 0 saturated heterocycles. The number of hydrogen-bond donors (Lipinski definition) is 1. The molecule has 1 N–H and O–H groups in total. The van der Waals surface area contributed by atoms with Crippen molar-refractivity contribution in [1.29, 1.82) is 0 Å². The van der Waals surface area contributed by atoms with Gasteiger partial charge in [-0.1, -0.05) is 54.4 Å². The third-order valence-corrected chi connectivity index (χ3v) is 5.34. The van der Waals surface area contributed by atoms with Gasteiger partial charge < -0.3 is 5.32 Å². The van der Waals surface area contributed by atoms with Crippen LogP contribution in [0, 0.1) is 5.92 Å². The van der Waals surface area contributed by atoms with Crippen molar-refractivity contribution in [2.75, 3.05) is 20.1 Å². The van der Waals surface area contributed by atoms with E-state index in [1.807, 2.05) is 0 Å². The zero-order valence-corrected chi connectivity index (χ0v) is 14.6. The Labute approximate surface area is 122 Å². The van der Waals surface area contributed by atoms with Gasteiger partial charge in [-0.05, 0) is 45.3 Å². The Morgan fingerprint density at radius 1 is 0.895 bits per heavy atom. The van der Waals surface area contributed by atoms with Crippen LogP contribution in [0.5, 0.6) is 0 Å². The molecule has 0 amide bonds. The fourth-order valence-electron chi connectivity index (χ4n) is 3.83. The van der Waals surface area contributed by atoms with Gasteiger partial charge in [0.1, 0.15) is 0 Å². The molecule has 0 aromatic rings. The van der Waals surface area contributed by atoms with E-state index in [-0.39, 0.29) is 0 Å². The van der Waals surface area contributed by atoms with Gasteiger partial charge in [-0.2, -0.15) is 0 Å². The van der Waals surface area contributed by atoms with Crippen molar-refractivity contribution < 1.29 is 0 Å². The summed E-state index contributed by atoms with van der Waals surface area (Å²) in [5.74, 6) is 0.852. The van der Waals surface area contributed by atoms with Gasteiger partial charge in [-0.15, -0.1) is 0 Å². The number of likely N-dealkylation sites (N-methyl/N-ethyl adjacent to an activating group) is 2. The summed E-state index contributed by atoms with van der Waals surface area (Å²) in [6.07, 6.45) is 6.38. The van der Waals surface area contributed by atoms with E-state index in [0.717, 1.165) is 19.0 Å². The van der Waals surface area contributed by atoms with Crippen molar-refractivity contribution in [1.82, 2.24) is 10.2 Å². The average molecular weight is 271 g/mol. The minimum absolute atomic E-state index is 0.320. The summed E-state index contributed by atoms with van der Waals surface area (Å²) in [4.78, 5) is 2.68. The lowest BCUT2D eigenvalue weighted by Gasteiger charge is -2.49. The van der Waals surface area contributed by atoms with Crippen LogP contribution in [-0.2, 0) is 0 Å². The highest BCUT2D eigenvalue weighted by Crippen LogP contribution is 2.32. The maximum atomic E-state index is 3.65. The van der Waals surface area contributed by atoms with E-state index in [2.05, 4.69) is 58.8 Å². The molecule has 0 aliphatic heterocycles. The highest BCUT2D eigenvalue weighted by molar-refractivity contribution is 4.98. The lowest BCUT2D eigenvalue weighted by molar-refractivity contribution is 0.0421. The molecule has 0 saturated carbocycles. The summed E-state index contributed by atoms with van der Waals surface area (Å²) in [5.41, 5.74) is 0.320. The number of nitrogens with zero attached hydrogens (tertiary/aromatic N) is 1. The molecule has 0 heterocycles. The van der Waals surface area contributed by atoms with E-state index < -0.39 is 0 Å². The molecule has 19 heavy (non-hydrogen) atoms.